The number of carbonyl (C=O) groups excluding carboxylic acids is 1. The van der Waals surface area contributed by atoms with E-state index in [1.54, 1.807) is 17.0 Å². The Kier molecular flexibility index (Phi) is 10.7. The number of hydrogen-bond donors (Lipinski definition) is 0. The average molecular weight is 539 g/mol. The Hall–Kier alpha value is -2.04. The maximum absolute atomic E-state index is 13.5. The molecule has 0 aliphatic rings. The van der Waals surface area contributed by atoms with E-state index in [1.807, 2.05) is 51.9 Å². The summed E-state index contributed by atoms with van der Waals surface area (Å²) in [7, 11) is 0.331. The van der Waals surface area contributed by atoms with E-state index in [-0.39, 0.29) is 23.2 Å². The molecule has 0 bridgehead atoms. The number of thiazole rings is 1. The smallest absolute Gasteiger partial charge is 0.260 e. The van der Waals surface area contributed by atoms with Crippen molar-refractivity contribution in [2.75, 3.05) is 45.2 Å². The van der Waals surface area contributed by atoms with Crippen LogP contribution in [0.15, 0.2) is 47.4 Å². The summed E-state index contributed by atoms with van der Waals surface area (Å²) in [6.45, 7) is 7.97. The molecular formula is C25H35ClN4O3S2. The SMILES string of the molecule is CCCCN(CC)S(=O)(=O)c1ccc(C(=O)N(CCN(C)C)c2nc3ccc(C)cc3s2)cc1.Cl. The second-order valence-electron chi connectivity index (χ2n) is 8.60. The molecule has 1 amide bonds. The molecule has 35 heavy (non-hydrogen) atoms. The lowest BCUT2D eigenvalue weighted by Gasteiger charge is -2.23. The number of unbranched alkanes of at least 4 members (excludes halogenated alkanes) is 1. The zero-order chi connectivity index (χ0) is 24.9. The van der Waals surface area contributed by atoms with E-state index in [1.165, 1.54) is 27.8 Å². The van der Waals surface area contributed by atoms with Crippen molar-refractivity contribution in [3.05, 3.63) is 53.6 Å². The Morgan fingerprint density at radius 3 is 2.29 bits per heavy atom. The number of fused-ring (bicyclic) bond motifs is 1. The van der Waals surface area contributed by atoms with Gasteiger partial charge in [-0.15, -0.1) is 12.4 Å². The van der Waals surface area contributed by atoms with Gasteiger partial charge in [-0.1, -0.05) is 37.7 Å². The monoisotopic (exact) mass is 538 g/mol. The molecule has 0 spiro atoms. The van der Waals surface area contributed by atoms with Crippen LogP contribution in [-0.4, -0.2) is 68.8 Å². The summed E-state index contributed by atoms with van der Waals surface area (Å²) in [4.78, 5) is 22.1. The number of aromatic nitrogens is 1. The molecule has 0 atom stereocenters. The van der Waals surface area contributed by atoms with E-state index < -0.39 is 10.0 Å². The van der Waals surface area contributed by atoms with Crippen LogP contribution in [0.5, 0.6) is 0 Å². The Labute approximate surface area is 219 Å². The van der Waals surface area contributed by atoms with Gasteiger partial charge in [-0.25, -0.2) is 13.4 Å². The molecule has 0 saturated carbocycles. The number of hydrogen-bond acceptors (Lipinski definition) is 6. The van der Waals surface area contributed by atoms with Crippen LogP contribution in [-0.2, 0) is 10.0 Å². The maximum Gasteiger partial charge on any atom is 0.260 e. The number of anilines is 1. The minimum atomic E-state index is -3.59. The van der Waals surface area contributed by atoms with E-state index in [0.29, 0.717) is 36.9 Å². The predicted octanol–water partition coefficient (Wildman–Crippen LogP) is 5.05. The summed E-state index contributed by atoms with van der Waals surface area (Å²) in [5.74, 6) is -0.195. The molecule has 0 aliphatic carbocycles. The predicted molar refractivity (Wildman–Crippen MR) is 148 cm³/mol. The van der Waals surface area contributed by atoms with Crippen molar-refractivity contribution in [1.29, 1.82) is 0 Å². The minimum absolute atomic E-state index is 0. The molecule has 192 valence electrons. The van der Waals surface area contributed by atoms with Crippen molar-refractivity contribution in [3.63, 3.8) is 0 Å². The lowest BCUT2D eigenvalue weighted by molar-refractivity contribution is 0.0985. The highest BCUT2D eigenvalue weighted by molar-refractivity contribution is 7.89. The van der Waals surface area contributed by atoms with Gasteiger partial charge in [0.15, 0.2) is 5.13 Å². The topological polar surface area (TPSA) is 73.8 Å². The molecule has 1 heterocycles. The molecular weight excluding hydrogens is 504 g/mol. The fourth-order valence-corrected chi connectivity index (χ4v) is 6.15. The first-order valence-corrected chi connectivity index (χ1v) is 13.9. The first kappa shape index (κ1) is 29.2. The van der Waals surface area contributed by atoms with Crippen LogP contribution in [0.25, 0.3) is 10.2 Å². The van der Waals surface area contributed by atoms with E-state index in [2.05, 4.69) is 6.07 Å². The summed E-state index contributed by atoms with van der Waals surface area (Å²) in [6.07, 6.45) is 1.74. The summed E-state index contributed by atoms with van der Waals surface area (Å²) in [5.41, 5.74) is 2.44. The maximum atomic E-state index is 13.5. The van der Waals surface area contributed by atoms with Gasteiger partial charge in [0.2, 0.25) is 10.0 Å². The molecule has 0 saturated heterocycles. The van der Waals surface area contributed by atoms with Gasteiger partial charge in [-0.3, -0.25) is 9.69 Å². The molecule has 1 aromatic heterocycles. The van der Waals surface area contributed by atoms with Crippen molar-refractivity contribution in [3.8, 4) is 0 Å². The Morgan fingerprint density at radius 2 is 1.69 bits per heavy atom. The highest BCUT2D eigenvalue weighted by Crippen LogP contribution is 2.30. The van der Waals surface area contributed by atoms with Crippen molar-refractivity contribution >= 4 is 55.0 Å². The van der Waals surface area contributed by atoms with Gasteiger partial charge in [0, 0.05) is 31.7 Å². The van der Waals surface area contributed by atoms with Crippen LogP contribution in [0.2, 0.25) is 0 Å². The first-order chi connectivity index (χ1) is 16.2. The molecule has 2 aromatic carbocycles. The average Bonchev–Trinajstić information content (AvgIpc) is 3.22. The number of amides is 1. The number of aryl methyl sites for hydroxylation is 1. The standard InChI is InChI=1S/C25H34N4O3S2.ClH/c1-6-8-15-28(7-2)34(31,32)21-12-10-20(11-13-21)24(30)29(17-16-27(4)5)25-26-22-14-9-19(3)18-23(22)33-25;/h9-14,18H,6-8,15-17H2,1-5H3;1H. The number of halogens is 1. The van der Waals surface area contributed by atoms with E-state index in [0.717, 1.165) is 28.6 Å². The van der Waals surface area contributed by atoms with Crippen LogP contribution >= 0.6 is 23.7 Å². The molecule has 10 heteroatoms. The molecule has 0 aliphatic heterocycles. The number of benzene rings is 2. The Balaban J connectivity index is 0.00000432. The molecule has 3 aromatic rings. The lowest BCUT2D eigenvalue weighted by Crippen LogP contribution is -2.36. The van der Waals surface area contributed by atoms with Gasteiger partial charge in [0.25, 0.3) is 5.91 Å². The van der Waals surface area contributed by atoms with Crippen molar-refractivity contribution in [1.82, 2.24) is 14.2 Å². The summed E-state index contributed by atoms with van der Waals surface area (Å²) < 4.78 is 28.6. The van der Waals surface area contributed by atoms with Gasteiger partial charge in [0.05, 0.1) is 15.1 Å². The highest BCUT2D eigenvalue weighted by atomic mass is 35.5. The highest BCUT2D eigenvalue weighted by Gasteiger charge is 2.25. The first-order valence-electron chi connectivity index (χ1n) is 11.6. The Morgan fingerprint density at radius 1 is 1.00 bits per heavy atom. The van der Waals surface area contributed by atoms with E-state index in [4.69, 9.17) is 4.98 Å². The summed E-state index contributed by atoms with van der Waals surface area (Å²) in [5, 5.41) is 0.640. The quantitative estimate of drug-likeness (QED) is 0.342. The largest absolute Gasteiger partial charge is 0.308 e. The second kappa shape index (κ2) is 12.8. The minimum Gasteiger partial charge on any atom is -0.308 e. The third-order valence-electron chi connectivity index (χ3n) is 5.63. The van der Waals surface area contributed by atoms with Crippen molar-refractivity contribution < 1.29 is 13.2 Å². The van der Waals surface area contributed by atoms with Crippen LogP contribution in [0.1, 0.15) is 42.6 Å². The molecule has 3 rings (SSSR count). The molecule has 0 fully saturated rings. The zero-order valence-electron chi connectivity index (χ0n) is 21.0. The number of sulfonamides is 1. The molecule has 0 radical (unpaired) electrons. The van der Waals surface area contributed by atoms with Crippen LogP contribution in [0.3, 0.4) is 0 Å². The van der Waals surface area contributed by atoms with Gasteiger partial charge in [0.1, 0.15) is 0 Å². The molecule has 0 unspecified atom stereocenters. The third-order valence-corrected chi connectivity index (χ3v) is 8.66. The van der Waals surface area contributed by atoms with Crippen LogP contribution in [0.4, 0.5) is 5.13 Å². The number of nitrogens with zero attached hydrogens (tertiary/aromatic N) is 4. The van der Waals surface area contributed by atoms with E-state index >= 15 is 0 Å². The van der Waals surface area contributed by atoms with Crippen LogP contribution in [0, 0.1) is 6.92 Å². The van der Waals surface area contributed by atoms with Gasteiger partial charge in [-0.2, -0.15) is 4.31 Å². The lowest BCUT2D eigenvalue weighted by atomic mass is 10.2. The fraction of sp³-hybridized carbons (Fsp3) is 0.440. The number of likely N-dealkylation sites (N-methyl/N-ethyl adjacent to an activating group) is 1. The van der Waals surface area contributed by atoms with Gasteiger partial charge in [-0.05, 0) is 69.4 Å². The Bertz CT molecular complexity index is 1230. The zero-order valence-corrected chi connectivity index (χ0v) is 23.5. The van der Waals surface area contributed by atoms with Gasteiger partial charge < -0.3 is 4.90 Å². The summed E-state index contributed by atoms with van der Waals surface area (Å²) in [6, 6.07) is 12.3. The second-order valence-corrected chi connectivity index (χ2v) is 11.5. The van der Waals surface area contributed by atoms with Gasteiger partial charge >= 0.3 is 0 Å². The normalized spacial score (nSPS) is 11.7. The fourth-order valence-electron chi connectivity index (χ4n) is 3.58. The molecule has 7 nitrogen and oxygen atoms in total. The summed E-state index contributed by atoms with van der Waals surface area (Å²) >= 11 is 1.49. The van der Waals surface area contributed by atoms with E-state index in [9.17, 15) is 13.2 Å². The number of carbonyl (C=O) groups is 1. The number of rotatable bonds is 11. The van der Waals surface area contributed by atoms with Crippen molar-refractivity contribution in [2.24, 2.45) is 0 Å². The molecule has 0 N–H and O–H groups in total. The third kappa shape index (κ3) is 7.01. The van der Waals surface area contributed by atoms with Crippen LogP contribution < -0.4 is 4.90 Å². The van der Waals surface area contributed by atoms with Crippen molar-refractivity contribution in [2.45, 2.75) is 38.5 Å².